The number of carbonyl (C=O) groups is 1. The van der Waals surface area contributed by atoms with Crippen LogP contribution in [0.3, 0.4) is 0 Å². The average Bonchev–Trinajstić information content (AvgIpc) is 3.31. The SMILES string of the molecule is CCOc1ccc([C@@H]2C(C(=O)OC(C)C)=C(C)N=c3s/c(=C/c4cc(OC)c(OCc5ccccc5)cc4Br)c(=O)n32)cc1. The molecule has 0 fully saturated rings. The van der Waals surface area contributed by atoms with E-state index in [0.29, 0.717) is 51.1 Å². The van der Waals surface area contributed by atoms with Crippen molar-refractivity contribution in [2.75, 3.05) is 13.7 Å². The standard InChI is InChI=1S/C34H33BrN2O6S/c1-6-41-25-14-12-23(13-15-25)31-30(33(39)43-20(2)3)21(4)36-34-37(31)32(38)29(44-34)17-24-16-27(40-5)28(18-26(24)35)42-19-22-10-8-7-9-11-22/h7-18,20,31H,6,19H2,1-5H3/b29-17+/t31-/m1/s1. The van der Waals surface area contributed by atoms with Crippen LogP contribution in [0, 0.1) is 0 Å². The van der Waals surface area contributed by atoms with E-state index < -0.39 is 12.0 Å². The van der Waals surface area contributed by atoms with Crippen LogP contribution in [0.5, 0.6) is 17.2 Å². The first-order valence-electron chi connectivity index (χ1n) is 14.2. The van der Waals surface area contributed by atoms with Crippen LogP contribution < -0.4 is 29.1 Å². The Labute approximate surface area is 268 Å². The summed E-state index contributed by atoms with van der Waals surface area (Å²) < 4.78 is 25.6. The number of hydrogen-bond acceptors (Lipinski definition) is 8. The Bertz CT molecular complexity index is 1880. The molecule has 3 aromatic carbocycles. The minimum atomic E-state index is -0.720. The molecular weight excluding hydrogens is 644 g/mol. The van der Waals surface area contributed by atoms with Crippen LogP contribution in [0.2, 0.25) is 0 Å². The molecule has 1 aliphatic heterocycles. The molecule has 0 amide bonds. The molecule has 2 heterocycles. The fraction of sp³-hybridized carbons (Fsp3) is 0.265. The zero-order chi connectivity index (χ0) is 31.4. The molecule has 5 rings (SSSR count). The lowest BCUT2D eigenvalue weighted by Crippen LogP contribution is -2.40. The third-order valence-electron chi connectivity index (χ3n) is 6.90. The Kier molecular flexibility index (Phi) is 9.71. The molecule has 0 saturated heterocycles. The summed E-state index contributed by atoms with van der Waals surface area (Å²) in [5.74, 6) is 1.30. The average molecular weight is 678 g/mol. The molecule has 0 bridgehead atoms. The van der Waals surface area contributed by atoms with Crippen LogP contribution in [-0.2, 0) is 16.1 Å². The van der Waals surface area contributed by atoms with Gasteiger partial charge in [-0.15, -0.1) is 0 Å². The third-order valence-corrected chi connectivity index (χ3v) is 8.57. The largest absolute Gasteiger partial charge is 0.494 e. The summed E-state index contributed by atoms with van der Waals surface area (Å²) in [6.45, 7) is 8.18. The number of thiazole rings is 1. The van der Waals surface area contributed by atoms with Gasteiger partial charge in [0, 0.05) is 4.47 Å². The van der Waals surface area contributed by atoms with Crippen molar-refractivity contribution in [2.45, 2.75) is 46.4 Å². The van der Waals surface area contributed by atoms with Gasteiger partial charge < -0.3 is 18.9 Å². The maximum Gasteiger partial charge on any atom is 0.338 e. The Balaban J connectivity index is 1.58. The predicted octanol–water partition coefficient (Wildman–Crippen LogP) is 5.94. The summed E-state index contributed by atoms with van der Waals surface area (Å²) in [6, 6.07) is 20.2. The van der Waals surface area contributed by atoms with Gasteiger partial charge in [0.1, 0.15) is 12.4 Å². The van der Waals surface area contributed by atoms with E-state index in [2.05, 4.69) is 20.9 Å². The summed E-state index contributed by atoms with van der Waals surface area (Å²) in [4.78, 5) is 32.6. The van der Waals surface area contributed by atoms with Gasteiger partial charge in [-0.05, 0) is 74.7 Å². The van der Waals surface area contributed by atoms with Crippen molar-refractivity contribution in [1.82, 2.24) is 4.57 Å². The summed E-state index contributed by atoms with van der Waals surface area (Å²) >= 11 is 4.90. The highest BCUT2D eigenvalue weighted by Crippen LogP contribution is 2.35. The molecule has 0 N–H and O–H groups in total. The van der Waals surface area contributed by atoms with Crippen molar-refractivity contribution in [3.8, 4) is 17.2 Å². The highest BCUT2D eigenvalue weighted by molar-refractivity contribution is 9.10. The molecule has 1 atom stereocenters. The molecule has 0 unspecified atom stereocenters. The van der Waals surface area contributed by atoms with E-state index >= 15 is 0 Å². The van der Waals surface area contributed by atoms with Gasteiger partial charge in [-0.3, -0.25) is 9.36 Å². The molecular formula is C34H33BrN2O6S. The molecule has 0 saturated carbocycles. The highest BCUT2D eigenvalue weighted by atomic mass is 79.9. The smallest absolute Gasteiger partial charge is 0.338 e. The van der Waals surface area contributed by atoms with Crippen LogP contribution in [0.1, 0.15) is 50.4 Å². The number of benzene rings is 3. The van der Waals surface area contributed by atoms with Gasteiger partial charge in [0.2, 0.25) is 0 Å². The Morgan fingerprint density at radius 3 is 2.45 bits per heavy atom. The van der Waals surface area contributed by atoms with Gasteiger partial charge in [0.15, 0.2) is 16.3 Å². The summed E-state index contributed by atoms with van der Waals surface area (Å²) in [6.07, 6.45) is 1.46. The second-order valence-corrected chi connectivity index (χ2v) is 12.2. The molecule has 228 valence electrons. The number of esters is 1. The van der Waals surface area contributed by atoms with E-state index in [1.165, 1.54) is 11.3 Å². The van der Waals surface area contributed by atoms with Crippen molar-refractivity contribution in [2.24, 2.45) is 4.99 Å². The van der Waals surface area contributed by atoms with Crippen LogP contribution in [0.4, 0.5) is 0 Å². The molecule has 0 aliphatic carbocycles. The van der Waals surface area contributed by atoms with E-state index in [1.54, 1.807) is 38.5 Å². The molecule has 0 radical (unpaired) electrons. The van der Waals surface area contributed by atoms with E-state index in [0.717, 1.165) is 21.2 Å². The minimum Gasteiger partial charge on any atom is -0.494 e. The minimum absolute atomic E-state index is 0.273. The monoisotopic (exact) mass is 676 g/mol. The van der Waals surface area contributed by atoms with E-state index in [1.807, 2.05) is 73.7 Å². The van der Waals surface area contributed by atoms with Crippen LogP contribution in [-0.4, -0.2) is 30.4 Å². The predicted molar refractivity (Wildman–Crippen MR) is 174 cm³/mol. The summed E-state index contributed by atoms with van der Waals surface area (Å²) in [5.41, 5.74) is 3.06. The van der Waals surface area contributed by atoms with Crippen molar-refractivity contribution >= 4 is 39.3 Å². The lowest BCUT2D eigenvalue weighted by atomic mass is 9.96. The molecule has 10 heteroatoms. The highest BCUT2D eigenvalue weighted by Gasteiger charge is 2.34. The van der Waals surface area contributed by atoms with Crippen molar-refractivity contribution in [1.29, 1.82) is 0 Å². The van der Waals surface area contributed by atoms with Gasteiger partial charge in [-0.2, -0.15) is 0 Å². The number of halogens is 1. The van der Waals surface area contributed by atoms with Gasteiger partial charge in [-0.1, -0.05) is 69.7 Å². The molecule has 8 nitrogen and oxygen atoms in total. The quantitative estimate of drug-likeness (QED) is 0.193. The number of methoxy groups -OCH3 is 1. The second-order valence-electron chi connectivity index (χ2n) is 10.3. The fourth-order valence-corrected chi connectivity index (χ4v) is 6.37. The molecule has 4 aromatic rings. The Morgan fingerprint density at radius 1 is 1.07 bits per heavy atom. The summed E-state index contributed by atoms with van der Waals surface area (Å²) in [7, 11) is 1.58. The number of hydrogen-bond donors (Lipinski definition) is 0. The van der Waals surface area contributed by atoms with E-state index in [-0.39, 0.29) is 11.7 Å². The van der Waals surface area contributed by atoms with Crippen molar-refractivity contribution in [3.05, 3.63) is 119 Å². The Morgan fingerprint density at radius 2 is 1.80 bits per heavy atom. The maximum absolute atomic E-state index is 14.1. The van der Waals surface area contributed by atoms with Gasteiger partial charge in [0.25, 0.3) is 5.56 Å². The fourth-order valence-electron chi connectivity index (χ4n) is 4.90. The normalized spacial score (nSPS) is 14.7. The first-order chi connectivity index (χ1) is 21.2. The van der Waals surface area contributed by atoms with Gasteiger partial charge >= 0.3 is 5.97 Å². The molecule has 1 aromatic heterocycles. The summed E-state index contributed by atoms with van der Waals surface area (Å²) in [5, 5.41) is 0. The van der Waals surface area contributed by atoms with Crippen molar-refractivity contribution < 1.29 is 23.7 Å². The number of aromatic nitrogens is 1. The van der Waals surface area contributed by atoms with Gasteiger partial charge in [0.05, 0.1) is 41.7 Å². The molecule has 44 heavy (non-hydrogen) atoms. The van der Waals surface area contributed by atoms with Crippen LogP contribution >= 0.6 is 27.3 Å². The Hall–Kier alpha value is -4.15. The first-order valence-corrected chi connectivity index (χ1v) is 15.8. The van der Waals surface area contributed by atoms with Crippen LogP contribution in [0.25, 0.3) is 6.08 Å². The van der Waals surface area contributed by atoms with Crippen LogP contribution in [0.15, 0.2) is 92.3 Å². The first kappa shape index (κ1) is 31.3. The third kappa shape index (κ3) is 6.66. The number of allylic oxidation sites excluding steroid dienone is 1. The lowest BCUT2D eigenvalue weighted by Gasteiger charge is -2.25. The number of ether oxygens (including phenoxy) is 4. The number of carbonyl (C=O) groups excluding carboxylic acids is 1. The second kappa shape index (κ2) is 13.7. The van der Waals surface area contributed by atoms with Gasteiger partial charge in [-0.25, -0.2) is 9.79 Å². The maximum atomic E-state index is 14.1. The van der Waals surface area contributed by atoms with Crippen molar-refractivity contribution in [3.63, 3.8) is 0 Å². The number of rotatable bonds is 10. The topological polar surface area (TPSA) is 88.4 Å². The van der Waals surface area contributed by atoms with E-state index in [4.69, 9.17) is 18.9 Å². The zero-order valence-electron chi connectivity index (χ0n) is 25.1. The molecule has 1 aliphatic rings. The van der Waals surface area contributed by atoms with E-state index in [9.17, 15) is 9.59 Å². The number of fused-ring (bicyclic) bond motifs is 1. The lowest BCUT2D eigenvalue weighted by molar-refractivity contribution is -0.143. The number of nitrogens with zero attached hydrogens (tertiary/aromatic N) is 2. The molecule has 0 spiro atoms. The zero-order valence-corrected chi connectivity index (χ0v) is 27.5.